The Balaban J connectivity index is 1.81. The first kappa shape index (κ1) is 14.3. The number of nitrogen functional groups attached to an aromatic ring is 1. The summed E-state index contributed by atoms with van der Waals surface area (Å²) in [5.74, 6) is 1.10. The van der Waals surface area contributed by atoms with E-state index in [-0.39, 0.29) is 5.91 Å². The lowest BCUT2D eigenvalue weighted by Gasteiger charge is -2.30. The molecule has 3 rings (SSSR count). The molecular formula is C16H24N4O. The zero-order valence-electron chi connectivity index (χ0n) is 12.7. The zero-order chi connectivity index (χ0) is 14.8. The third kappa shape index (κ3) is 3.18. The van der Waals surface area contributed by atoms with Crippen molar-refractivity contribution in [2.24, 2.45) is 0 Å². The van der Waals surface area contributed by atoms with Crippen molar-refractivity contribution in [1.29, 1.82) is 0 Å². The molecule has 5 heteroatoms. The van der Waals surface area contributed by atoms with Gasteiger partial charge in [-0.05, 0) is 49.9 Å². The molecule has 2 aliphatic rings. The van der Waals surface area contributed by atoms with Crippen molar-refractivity contribution in [3.05, 3.63) is 23.4 Å². The number of hydrogen-bond acceptors (Lipinski definition) is 4. The van der Waals surface area contributed by atoms with Crippen LogP contribution in [0.2, 0.25) is 0 Å². The molecule has 21 heavy (non-hydrogen) atoms. The summed E-state index contributed by atoms with van der Waals surface area (Å²) in [4.78, 5) is 20.8. The van der Waals surface area contributed by atoms with Gasteiger partial charge in [0.05, 0.1) is 5.69 Å². The molecule has 3 heterocycles. The first-order chi connectivity index (χ1) is 10.1. The molecular weight excluding hydrogens is 264 g/mol. The SMILES string of the molecule is CN1CCC(c2ccc(N)nc2CN2CCCC2)CC1=O. The molecule has 0 bridgehead atoms. The van der Waals surface area contributed by atoms with Gasteiger partial charge < -0.3 is 10.6 Å². The van der Waals surface area contributed by atoms with Gasteiger partial charge in [-0.25, -0.2) is 4.98 Å². The molecule has 1 aromatic rings. The fraction of sp³-hybridized carbons (Fsp3) is 0.625. The first-order valence-electron chi connectivity index (χ1n) is 7.85. The van der Waals surface area contributed by atoms with Gasteiger partial charge in [-0.15, -0.1) is 0 Å². The Bertz CT molecular complexity index is 525. The number of carbonyl (C=O) groups excluding carboxylic acids is 1. The Kier molecular flexibility index (Phi) is 4.10. The smallest absolute Gasteiger partial charge is 0.222 e. The number of amides is 1. The average Bonchev–Trinajstić information content (AvgIpc) is 2.95. The van der Waals surface area contributed by atoms with Crippen LogP contribution in [0.1, 0.15) is 42.9 Å². The molecule has 2 saturated heterocycles. The number of nitrogens with two attached hydrogens (primary N) is 1. The van der Waals surface area contributed by atoms with E-state index in [1.807, 2.05) is 18.0 Å². The van der Waals surface area contributed by atoms with E-state index in [0.717, 1.165) is 38.3 Å². The number of nitrogens with zero attached hydrogens (tertiary/aromatic N) is 3. The number of piperidine rings is 1. The van der Waals surface area contributed by atoms with Crippen LogP contribution in [0.15, 0.2) is 12.1 Å². The highest BCUT2D eigenvalue weighted by molar-refractivity contribution is 5.77. The number of hydrogen-bond donors (Lipinski definition) is 1. The molecule has 1 aromatic heterocycles. The molecule has 0 spiro atoms. The average molecular weight is 288 g/mol. The lowest BCUT2D eigenvalue weighted by molar-refractivity contribution is -0.132. The second kappa shape index (κ2) is 6.02. The van der Waals surface area contributed by atoms with Gasteiger partial charge in [-0.2, -0.15) is 0 Å². The van der Waals surface area contributed by atoms with Crippen LogP contribution < -0.4 is 5.73 Å². The molecule has 1 unspecified atom stereocenters. The van der Waals surface area contributed by atoms with Crippen molar-refractivity contribution in [3.8, 4) is 0 Å². The summed E-state index contributed by atoms with van der Waals surface area (Å²) in [7, 11) is 1.88. The van der Waals surface area contributed by atoms with Gasteiger partial charge in [0, 0.05) is 26.6 Å². The van der Waals surface area contributed by atoms with Crippen LogP contribution in [-0.4, -0.2) is 47.4 Å². The quantitative estimate of drug-likeness (QED) is 0.917. The van der Waals surface area contributed by atoms with Crippen LogP contribution >= 0.6 is 0 Å². The van der Waals surface area contributed by atoms with E-state index in [4.69, 9.17) is 5.73 Å². The van der Waals surface area contributed by atoms with E-state index in [9.17, 15) is 4.79 Å². The minimum atomic E-state index is 0.232. The monoisotopic (exact) mass is 288 g/mol. The van der Waals surface area contributed by atoms with E-state index in [0.29, 0.717) is 18.2 Å². The Morgan fingerprint density at radius 2 is 2.05 bits per heavy atom. The van der Waals surface area contributed by atoms with Crippen molar-refractivity contribution in [2.75, 3.05) is 32.4 Å². The fourth-order valence-corrected chi connectivity index (χ4v) is 3.39. The van der Waals surface area contributed by atoms with Crippen LogP contribution in [0.5, 0.6) is 0 Å². The van der Waals surface area contributed by atoms with Gasteiger partial charge >= 0.3 is 0 Å². The fourth-order valence-electron chi connectivity index (χ4n) is 3.39. The highest BCUT2D eigenvalue weighted by atomic mass is 16.2. The maximum absolute atomic E-state index is 12.0. The normalized spacial score (nSPS) is 23.8. The largest absolute Gasteiger partial charge is 0.384 e. The summed E-state index contributed by atoms with van der Waals surface area (Å²) in [6.07, 6.45) is 4.14. The summed E-state index contributed by atoms with van der Waals surface area (Å²) >= 11 is 0. The van der Waals surface area contributed by atoms with Crippen LogP contribution in [0, 0.1) is 0 Å². The van der Waals surface area contributed by atoms with Crippen molar-refractivity contribution in [1.82, 2.24) is 14.8 Å². The number of pyridine rings is 1. The summed E-state index contributed by atoms with van der Waals surface area (Å²) < 4.78 is 0. The minimum Gasteiger partial charge on any atom is -0.384 e. The molecule has 0 aliphatic carbocycles. The maximum Gasteiger partial charge on any atom is 0.222 e. The summed E-state index contributed by atoms with van der Waals surface area (Å²) in [5.41, 5.74) is 8.16. The van der Waals surface area contributed by atoms with Gasteiger partial charge in [0.25, 0.3) is 0 Å². The van der Waals surface area contributed by atoms with Gasteiger partial charge in [-0.1, -0.05) is 6.07 Å². The van der Waals surface area contributed by atoms with E-state index in [1.165, 1.54) is 18.4 Å². The molecule has 0 saturated carbocycles. The molecule has 1 atom stereocenters. The Hall–Kier alpha value is -1.62. The van der Waals surface area contributed by atoms with Crippen LogP contribution in [0.3, 0.4) is 0 Å². The van der Waals surface area contributed by atoms with Gasteiger partial charge in [0.15, 0.2) is 0 Å². The maximum atomic E-state index is 12.0. The Labute approximate surface area is 126 Å². The molecule has 0 aromatic carbocycles. The number of carbonyl (C=O) groups is 1. The Morgan fingerprint density at radius 1 is 1.29 bits per heavy atom. The van der Waals surface area contributed by atoms with Crippen LogP contribution in [-0.2, 0) is 11.3 Å². The third-order valence-corrected chi connectivity index (χ3v) is 4.70. The minimum absolute atomic E-state index is 0.232. The van der Waals surface area contributed by atoms with Gasteiger partial charge in [0.2, 0.25) is 5.91 Å². The third-order valence-electron chi connectivity index (χ3n) is 4.70. The number of likely N-dealkylation sites (tertiary alicyclic amines) is 2. The number of aromatic nitrogens is 1. The second-order valence-corrected chi connectivity index (χ2v) is 6.26. The molecule has 0 radical (unpaired) electrons. The van der Waals surface area contributed by atoms with E-state index in [1.54, 1.807) is 0 Å². The molecule has 2 aliphatic heterocycles. The first-order valence-corrected chi connectivity index (χ1v) is 7.85. The summed E-state index contributed by atoms with van der Waals surface area (Å²) in [5, 5.41) is 0. The van der Waals surface area contributed by atoms with Gasteiger partial charge in [0.1, 0.15) is 5.82 Å². The Morgan fingerprint density at radius 3 is 2.76 bits per heavy atom. The molecule has 2 N–H and O–H groups in total. The lowest BCUT2D eigenvalue weighted by Crippen LogP contribution is -2.35. The van der Waals surface area contributed by atoms with E-state index < -0.39 is 0 Å². The van der Waals surface area contributed by atoms with Crippen molar-refractivity contribution in [3.63, 3.8) is 0 Å². The number of anilines is 1. The second-order valence-electron chi connectivity index (χ2n) is 6.26. The highest BCUT2D eigenvalue weighted by Gasteiger charge is 2.27. The van der Waals surface area contributed by atoms with Crippen molar-refractivity contribution in [2.45, 2.75) is 38.1 Å². The van der Waals surface area contributed by atoms with Crippen LogP contribution in [0.4, 0.5) is 5.82 Å². The van der Waals surface area contributed by atoms with Gasteiger partial charge in [-0.3, -0.25) is 9.69 Å². The van der Waals surface area contributed by atoms with Crippen LogP contribution in [0.25, 0.3) is 0 Å². The van der Waals surface area contributed by atoms with Crippen molar-refractivity contribution >= 4 is 11.7 Å². The zero-order valence-corrected chi connectivity index (χ0v) is 12.7. The molecule has 1 amide bonds. The molecule has 114 valence electrons. The van der Waals surface area contributed by atoms with E-state index >= 15 is 0 Å². The summed E-state index contributed by atoms with van der Waals surface area (Å²) in [6, 6.07) is 3.95. The number of rotatable bonds is 3. The standard InChI is InChI=1S/C16H24N4O/c1-19-9-6-12(10-16(19)21)13-4-5-15(17)18-14(13)11-20-7-2-3-8-20/h4-5,12H,2-3,6-11H2,1H3,(H2,17,18). The molecule has 2 fully saturated rings. The predicted octanol–water partition coefficient (Wildman–Crippen LogP) is 1.60. The van der Waals surface area contributed by atoms with E-state index in [2.05, 4.69) is 16.0 Å². The van der Waals surface area contributed by atoms with Crippen molar-refractivity contribution < 1.29 is 4.79 Å². The summed E-state index contributed by atoms with van der Waals surface area (Å²) in [6.45, 7) is 3.97. The predicted molar refractivity (Wildman–Crippen MR) is 82.8 cm³/mol. The topological polar surface area (TPSA) is 62.5 Å². The lowest BCUT2D eigenvalue weighted by atomic mass is 9.88. The molecule has 5 nitrogen and oxygen atoms in total. The highest BCUT2D eigenvalue weighted by Crippen LogP contribution is 2.31.